The lowest BCUT2D eigenvalue weighted by atomic mass is 10.0. The molecule has 1 unspecified atom stereocenters. The number of rotatable bonds is 6. The fraction of sp³-hybridized carbons (Fsp3) is 0.333. The van der Waals surface area contributed by atoms with E-state index < -0.39 is 6.04 Å². The Hall–Kier alpha value is -2.14. The Bertz CT molecular complexity index is 665. The molecule has 2 N–H and O–H groups in total. The highest BCUT2D eigenvalue weighted by molar-refractivity contribution is 7.12. The lowest BCUT2D eigenvalue weighted by Crippen LogP contribution is -2.49. The Morgan fingerprint density at radius 3 is 2.48 bits per heavy atom. The maximum absolute atomic E-state index is 12.5. The molecule has 2 amide bonds. The van der Waals surface area contributed by atoms with Crippen LogP contribution in [0.2, 0.25) is 0 Å². The van der Waals surface area contributed by atoms with Crippen molar-refractivity contribution in [1.82, 2.24) is 10.6 Å². The summed E-state index contributed by atoms with van der Waals surface area (Å²) in [4.78, 5) is 25.2. The summed E-state index contributed by atoms with van der Waals surface area (Å²) in [6.45, 7) is 6.32. The van der Waals surface area contributed by atoms with Crippen LogP contribution in [-0.2, 0) is 11.3 Å². The maximum Gasteiger partial charge on any atom is 0.262 e. The van der Waals surface area contributed by atoms with Crippen LogP contribution in [0.5, 0.6) is 0 Å². The van der Waals surface area contributed by atoms with Gasteiger partial charge in [-0.3, -0.25) is 9.59 Å². The average Bonchev–Trinajstić information content (AvgIpc) is 3.05. The average molecular weight is 330 g/mol. The number of amides is 2. The summed E-state index contributed by atoms with van der Waals surface area (Å²) in [5, 5.41) is 7.60. The first kappa shape index (κ1) is 17.2. The molecular formula is C18H22N2O2S. The van der Waals surface area contributed by atoms with Crippen molar-refractivity contribution in [2.24, 2.45) is 5.92 Å². The van der Waals surface area contributed by atoms with Crippen molar-refractivity contribution in [1.29, 1.82) is 0 Å². The Kier molecular flexibility index (Phi) is 5.93. The number of aryl methyl sites for hydroxylation is 1. The molecule has 1 heterocycles. The Morgan fingerprint density at radius 2 is 1.87 bits per heavy atom. The minimum absolute atomic E-state index is 0.00998. The van der Waals surface area contributed by atoms with E-state index in [9.17, 15) is 9.59 Å². The molecule has 0 radical (unpaired) electrons. The van der Waals surface area contributed by atoms with Crippen LogP contribution >= 0.6 is 11.3 Å². The summed E-state index contributed by atoms with van der Waals surface area (Å²) in [5.41, 5.74) is 2.21. The predicted octanol–water partition coefficient (Wildman–Crippen LogP) is 3.13. The minimum atomic E-state index is -0.548. The molecule has 1 aromatic heterocycles. The van der Waals surface area contributed by atoms with Crippen LogP contribution in [0.4, 0.5) is 0 Å². The molecule has 0 aliphatic rings. The van der Waals surface area contributed by atoms with Crippen LogP contribution < -0.4 is 10.6 Å². The van der Waals surface area contributed by atoms with Gasteiger partial charge in [0.1, 0.15) is 6.04 Å². The summed E-state index contributed by atoms with van der Waals surface area (Å²) < 4.78 is 0. The van der Waals surface area contributed by atoms with Crippen LogP contribution in [0.25, 0.3) is 0 Å². The first-order valence-electron chi connectivity index (χ1n) is 7.65. The first-order chi connectivity index (χ1) is 11.0. The topological polar surface area (TPSA) is 58.2 Å². The van der Waals surface area contributed by atoms with Gasteiger partial charge in [-0.15, -0.1) is 11.3 Å². The number of hydrogen-bond acceptors (Lipinski definition) is 3. The molecule has 1 atom stereocenters. The first-order valence-corrected chi connectivity index (χ1v) is 8.53. The van der Waals surface area contributed by atoms with E-state index in [1.165, 1.54) is 11.3 Å². The number of hydrogen-bond donors (Lipinski definition) is 2. The Labute approximate surface area is 140 Å². The summed E-state index contributed by atoms with van der Waals surface area (Å²) in [6.07, 6.45) is 0. The molecule has 0 saturated heterocycles. The minimum Gasteiger partial charge on any atom is -0.350 e. The smallest absolute Gasteiger partial charge is 0.262 e. The molecule has 4 nitrogen and oxygen atoms in total. The SMILES string of the molecule is Cc1ccccc1CNC(=O)C(NC(=O)c1cccs1)C(C)C. The van der Waals surface area contributed by atoms with Crippen molar-refractivity contribution >= 4 is 23.2 Å². The van der Waals surface area contributed by atoms with E-state index >= 15 is 0 Å². The van der Waals surface area contributed by atoms with Gasteiger partial charge in [-0.1, -0.05) is 44.2 Å². The zero-order valence-corrected chi connectivity index (χ0v) is 14.4. The van der Waals surface area contributed by atoms with Gasteiger partial charge in [-0.25, -0.2) is 0 Å². The van der Waals surface area contributed by atoms with Crippen molar-refractivity contribution in [2.75, 3.05) is 0 Å². The second-order valence-corrected chi connectivity index (χ2v) is 6.76. The lowest BCUT2D eigenvalue weighted by molar-refractivity contribution is -0.124. The standard InChI is InChI=1S/C18H22N2O2S/c1-12(2)16(20-17(21)15-9-6-10-23-15)18(22)19-11-14-8-5-4-7-13(14)3/h4-10,12,16H,11H2,1-3H3,(H,19,22)(H,20,21). The molecular weight excluding hydrogens is 308 g/mol. The maximum atomic E-state index is 12.5. The molecule has 0 bridgehead atoms. The highest BCUT2D eigenvalue weighted by atomic mass is 32.1. The normalized spacial score (nSPS) is 12.0. The fourth-order valence-corrected chi connectivity index (χ4v) is 2.88. The second kappa shape index (κ2) is 7.92. The zero-order valence-electron chi connectivity index (χ0n) is 13.6. The van der Waals surface area contributed by atoms with Gasteiger partial charge in [-0.05, 0) is 35.4 Å². The third-order valence-corrected chi connectivity index (χ3v) is 4.56. The lowest BCUT2D eigenvalue weighted by Gasteiger charge is -2.21. The molecule has 0 saturated carbocycles. The highest BCUT2D eigenvalue weighted by Gasteiger charge is 2.24. The van der Waals surface area contributed by atoms with E-state index in [2.05, 4.69) is 10.6 Å². The summed E-state index contributed by atoms with van der Waals surface area (Å²) in [5.74, 6) is -0.353. The predicted molar refractivity (Wildman–Crippen MR) is 93.4 cm³/mol. The van der Waals surface area contributed by atoms with E-state index in [1.54, 1.807) is 6.07 Å². The largest absolute Gasteiger partial charge is 0.350 e. The van der Waals surface area contributed by atoms with Gasteiger partial charge in [0.2, 0.25) is 5.91 Å². The van der Waals surface area contributed by atoms with Crippen molar-refractivity contribution < 1.29 is 9.59 Å². The van der Waals surface area contributed by atoms with Crippen LogP contribution in [0.15, 0.2) is 41.8 Å². The van der Waals surface area contributed by atoms with Gasteiger partial charge in [0.15, 0.2) is 0 Å². The Morgan fingerprint density at radius 1 is 1.13 bits per heavy atom. The monoisotopic (exact) mass is 330 g/mol. The number of carbonyl (C=O) groups is 2. The molecule has 0 fully saturated rings. The summed E-state index contributed by atoms with van der Waals surface area (Å²) in [6, 6.07) is 11.0. The molecule has 23 heavy (non-hydrogen) atoms. The molecule has 122 valence electrons. The van der Waals surface area contributed by atoms with E-state index in [-0.39, 0.29) is 17.7 Å². The molecule has 0 aliphatic carbocycles. The molecule has 0 aliphatic heterocycles. The molecule has 5 heteroatoms. The van der Waals surface area contributed by atoms with E-state index in [1.807, 2.05) is 56.5 Å². The van der Waals surface area contributed by atoms with Gasteiger partial charge in [-0.2, -0.15) is 0 Å². The Balaban J connectivity index is 1.98. The van der Waals surface area contributed by atoms with Crippen molar-refractivity contribution in [3.05, 3.63) is 57.8 Å². The molecule has 1 aromatic carbocycles. The van der Waals surface area contributed by atoms with Gasteiger partial charge < -0.3 is 10.6 Å². The van der Waals surface area contributed by atoms with Crippen LogP contribution in [0.1, 0.15) is 34.6 Å². The molecule has 0 spiro atoms. The summed E-state index contributed by atoms with van der Waals surface area (Å²) >= 11 is 1.36. The van der Waals surface area contributed by atoms with Gasteiger partial charge in [0, 0.05) is 6.54 Å². The van der Waals surface area contributed by atoms with E-state index in [0.717, 1.165) is 11.1 Å². The number of nitrogens with one attached hydrogen (secondary N) is 2. The highest BCUT2D eigenvalue weighted by Crippen LogP contribution is 2.11. The number of benzene rings is 1. The molecule has 2 rings (SSSR count). The summed E-state index contributed by atoms with van der Waals surface area (Å²) in [7, 11) is 0. The van der Waals surface area contributed by atoms with E-state index in [0.29, 0.717) is 11.4 Å². The second-order valence-electron chi connectivity index (χ2n) is 5.82. The van der Waals surface area contributed by atoms with E-state index in [4.69, 9.17) is 0 Å². The van der Waals surface area contributed by atoms with Gasteiger partial charge >= 0.3 is 0 Å². The zero-order chi connectivity index (χ0) is 16.8. The van der Waals surface area contributed by atoms with Crippen molar-refractivity contribution in [2.45, 2.75) is 33.4 Å². The van der Waals surface area contributed by atoms with Crippen molar-refractivity contribution in [3.63, 3.8) is 0 Å². The number of carbonyl (C=O) groups excluding carboxylic acids is 2. The van der Waals surface area contributed by atoms with Crippen molar-refractivity contribution in [3.8, 4) is 0 Å². The molecule has 2 aromatic rings. The number of thiophene rings is 1. The van der Waals surface area contributed by atoms with Gasteiger partial charge in [0.05, 0.1) is 4.88 Å². The van der Waals surface area contributed by atoms with Gasteiger partial charge in [0.25, 0.3) is 5.91 Å². The van der Waals surface area contributed by atoms with Crippen LogP contribution in [-0.4, -0.2) is 17.9 Å². The quantitative estimate of drug-likeness (QED) is 0.855. The third kappa shape index (κ3) is 4.66. The van der Waals surface area contributed by atoms with Crippen LogP contribution in [0, 0.1) is 12.8 Å². The third-order valence-electron chi connectivity index (χ3n) is 3.70. The van der Waals surface area contributed by atoms with Crippen LogP contribution in [0.3, 0.4) is 0 Å². The fourth-order valence-electron chi connectivity index (χ4n) is 2.26.